The summed E-state index contributed by atoms with van der Waals surface area (Å²) in [6.45, 7) is 3.62. The molecule has 0 amide bonds. The maximum atomic E-state index is 9.70. The summed E-state index contributed by atoms with van der Waals surface area (Å²) in [4.78, 5) is 0. The van der Waals surface area contributed by atoms with E-state index in [0.717, 1.165) is 43.7 Å². The molecule has 1 aromatic carbocycles. The Kier molecular flexibility index (Phi) is 5.53. The number of para-hydroxylation sites is 1. The molecule has 0 spiro atoms. The fraction of sp³-hybridized carbons (Fsp3) is 0.625. The fourth-order valence-electron chi connectivity index (χ4n) is 2.74. The van der Waals surface area contributed by atoms with E-state index in [1.54, 1.807) is 0 Å². The molecular formula is C16H26N2O2. The van der Waals surface area contributed by atoms with Crippen molar-refractivity contribution in [2.75, 3.05) is 24.2 Å². The molecule has 2 rings (SSSR count). The van der Waals surface area contributed by atoms with Gasteiger partial charge in [-0.1, -0.05) is 19.4 Å². The highest BCUT2D eigenvalue weighted by atomic mass is 16.5. The van der Waals surface area contributed by atoms with Gasteiger partial charge in [0.05, 0.1) is 24.1 Å². The van der Waals surface area contributed by atoms with Crippen LogP contribution in [0.3, 0.4) is 0 Å². The van der Waals surface area contributed by atoms with E-state index in [9.17, 15) is 5.11 Å². The Labute approximate surface area is 121 Å². The van der Waals surface area contributed by atoms with Gasteiger partial charge in [0, 0.05) is 6.54 Å². The van der Waals surface area contributed by atoms with Crippen LogP contribution in [0.1, 0.15) is 39.0 Å². The SMILES string of the molecule is CCCOc1cccc(NCC2CCCC(O)C2)c1N. The lowest BCUT2D eigenvalue weighted by molar-refractivity contribution is 0.105. The molecule has 0 radical (unpaired) electrons. The topological polar surface area (TPSA) is 67.5 Å². The third-order valence-corrected chi connectivity index (χ3v) is 3.86. The Morgan fingerprint density at radius 2 is 2.25 bits per heavy atom. The summed E-state index contributed by atoms with van der Waals surface area (Å²) in [6.07, 6.45) is 4.96. The second-order valence-corrected chi connectivity index (χ2v) is 5.63. The minimum Gasteiger partial charge on any atom is -0.491 e. The first kappa shape index (κ1) is 15.0. The Morgan fingerprint density at radius 3 is 3.00 bits per heavy atom. The van der Waals surface area contributed by atoms with E-state index in [0.29, 0.717) is 18.2 Å². The van der Waals surface area contributed by atoms with Crippen molar-refractivity contribution >= 4 is 11.4 Å². The predicted molar refractivity (Wildman–Crippen MR) is 83.1 cm³/mol. The number of anilines is 2. The Hall–Kier alpha value is -1.42. The van der Waals surface area contributed by atoms with Gasteiger partial charge in [-0.25, -0.2) is 0 Å². The van der Waals surface area contributed by atoms with Crippen molar-refractivity contribution in [2.24, 2.45) is 5.92 Å². The molecule has 4 N–H and O–H groups in total. The Balaban J connectivity index is 1.91. The van der Waals surface area contributed by atoms with Crippen LogP contribution in [-0.4, -0.2) is 24.4 Å². The van der Waals surface area contributed by atoms with Gasteiger partial charge < -0.3 is 20.9 Å². The van der Waals surface area contributed by atoms with Gasteiger partial charge in [0.15, 0.2) is 0 Å². The van der Waals surface area contributed by atoms with E-state index in [-0.39, 0.29) is 6.10 Å². The molecule has 1 aromatic rings. The molecule has 4 heteroatoms. The van der Waals surface area contributed by atoms with Crippen molar-refractivity contribution in [3.63, 3.8) is 0 Å². The van der Waals surface area contributed by atoms with E-state index in [1.165, 1.54) is 6.42 Å². The van der Waals surface area contributed by atoms with E-state index in [2.05, 4.69) is 12.2 Å². The molecule has 0 bridgehead atoms. The average Bonchev–Trinajstić information content (AvgIpc) is 2.45. The number of nitrogens with two attached hydrogens (primary N) is 1. The lowest BCUT2D eigenvalue weighted by atomic mass is 9.87. The highest BCUT2D eigenvalue weighted by molar-refractivity contribution is 5.72. The second-order valence-electron chi connectivity index (χ2n) is 5.63. The van der Waals surface area contributed by atoms with Gasteiger partial charge in [-0.2, -0.15) is 0 Å². The molecule has 0 aromatic heterocycles. The highest BCUT2D eigenvalue weighted by Gasteiger charge is 2.20. The maximum absolute atomic E-state index is 9.70. The summed E-state index contributed by atoms with van der Waals surface area (Å²) in [5.74, 6) is 1.28. The zero-order chi connectivity index (χ0) is 14.4. The summed E-state index contributed by atoms with van der Waals surface area (Å²) in [5.41, 5.74) is 7.74. The molecule has 1 saturated carbocycles. The van der Waals surface area contributed by atoms with Gasteiger partial charge in [0.25, 0.3) is 0 Å². The van der Waals surface area contributed by atoms with Crippen molar-refractivity contribution in [2.45, 2.75) is 45.1 Å². The molecule has 20 heavy (non-hydrogen) atoms. The number of benzene rings is 1. The largest absolute Gasteiger partial charge is 0.491 e. The van der Waals surface area contributed by atoms with Crippen LogP contribution >= 0.6 is 0 Å². The van der Waals surface area contributed by atoms with E-state index < -0.39 is 0 Å². The van der Waals surface area contributed by atoms with Crippen molar-refractivity contribution in [3.8, 4) is 5.75 Å². The summed E-state index contributed by atoms with van der Waals surface area (Å²) < 4.78 is 5.63. The van der Waals surface area contributed by atoms with Crippen LogP contribution in [0, 0.1) is 5.92 Å². The maximum Gasteiger partial charge on any atom is 0.144 e. The van der Waals surface area contributed by atoms with E-state index in [4.69, 9.17) is 10.5 Å². The van der Waals surface area contributed by atoms with Gasteiger partial charge in [-0.15, -0.1) is 0 Å². The molecule has 1 aliphatic rings. The van der Waals surface area contributed by atoms with Crippen LogP contribution in [0.15, 0.2) is 18.2 Å². The Bertz CT molecular complexity index is 423. The smallest absolute Gasteiger partial charge is 0.144 e. The Morgan fingerprint density at radius 1 is 1.40 bits per heavy atom. The van der Waals surface area contributed by atoms with Crippen LogP contribution in [0.25, 0.3) is 0 Å². The molecule has 1 fully saturated rings. The third-order valence-electron chi connectivity index (χ3n) is 3.86. The zero-order valence-corrected chi connectivity index (χ0v) is 12.3. The average molecular weight is 278 g/mol. The van der Waals surface area contributed by atoms with E-state index in [1.807, 2.05) is 18.2 Å². The minimum atomic E-state index is -0.132. The molecular weight excluding hydrogens is 252 g/mol. The molecule has 0 heterocycles. The molecule has 1 aliphatic carbocycles. The number of aliphatic hydroxyl groups excluding tert-OH is 1. The van der Waals surface area contributed by atoms with Crippen LogP contribution in [0.2, 0.25) is 0 Å². The van der Waals surface area contributed by atoms with Crippen LogP contribution in [-0.2, 0) is 0 Å². The summed E-state index contributed by atoms with van der Waals surface area (Å²) in [6, 6.07) is 5.84. The van der Waals surface area contributed by atoms with Gasteiger partial charge in [0.2, 0.25) is 0 Å². The molecule has 2 unspecified atom stereocenters. The van der Waals surface area contributed by atoms with Gasteiger partial charge >= 0.3 is 0 Å². The van der Waals surface area contributed by atoms with Crippen molar-refractivity contribution in [1.29, 1.82) is 0 Å². The number of rotatable bonds is 6. The lowest BCUT2D eigenvalue weighted by Gasteiger charge is -2.26. The van der Waals surface area contributed by atoms with Gasteiger partial charge in [0.1, 0.15) is 5.75 Å². The summed E-state index contributed by atoms with van der Waals surface area (Å²) in [5, 5.41) is 13.1. The van der Waals surface area contributed by atoms with Crippen molar-refractivity contribution < 1.29 is 9.84 Å². The van der Waals surface area contributed by atoms with E-state index >= 15 is 0 Å². The predicted octanol–water partition coefficient (Wildman–Crippen LogP) is 3.02. The van der Waals surface area contributed by atoms with Crippen LogP contribution < -0.4 is 15.8 Å². The number of nitrogen functional groups attached to an aromatic ring is 1. The first-order valence-electron chi connectivity index (χ1n) is 7.64. The van der Waals surface area contributed by atoms with Crippen molar-refractivity contribution in [3.05, 3.63) is 18.2 Å². The van der Waals surface area contributed by atoms with Crippen LogP contribution in [0.4, 0.5) is 11.4 Å². The van der Waals surface area contributed by atoms with Gasteiger partial charge in [-0.3, -0.25) is 0 Å². The normalized spacial score (nSPS) is 22.5. The molecule has 2 atom stereocenters. The number of hydrogen-bond acceptors (Lipinski definition) is 4. The number of ether oxygens (including phenoxy) is 1. The molecule has 4 nitrogen and oxygen atoms in total. The first-order chi connectivity index (χ1) is 9.70. The molecule has 0 saturated heterocycles. The number of nitrogens with one attached hydrogen (secondary N) is 1. The monoisotopic (exact) mass is 278 g/mol. The summed E-state index contributed by atoms with van der Waals surface area (Å²) in [7, 11) is 0. The first-order valence-corrected chi connectivity index (χ1v) is 7.64. The van der Waals surface area contributed by atoms with Crippen molar-refractivity contribution in [1.82, 2.24) is 0 Å². The zero-order valence-electron chi connectivity index (χ0n) is 12.3. The minimum absolute atomic E-state index is 0.132. The standard InChI is InChI=1S/C16H26N2O2/c1-2-9-20-15-8-4-7-14(16(15)17)18-11-12-5-3-6-13(19)10-12/h4,7-8,12-13,18-19H,2-3,5-6,9-11,17H2,1H3. The fourth-order valence-corrected chi connectivity index (χ4v) is 2.74. The molecule has 0 aliphatic heterocycles. The van der Waals surface area contributed by atoms with Crippen LogP contribution in [0.5, 0.6) is 5.75 Å². The quantitative estimate of drug-likeness (QED) is 0.700. The lowest BCUT2D eigenvalue weighted by Crippen LogP contribution is -2.25. The second kappa shape index (κ2) is 7.39. The third kappa shape index (κ3) is 4.04. The summed E-state index contributed by atoms with van der Waals surface area (Å²) >= 11 is 0. The molecule has 112 valence electrons. The number of aliphatic hydroxyl groups is 1. The highest BCUT2D eigenvalue weighted by Crippen LogP contribution is 2.31. The number of hydrogen-bond donors (Lipinski definition) is 3. The van der Waals surface area contributed by atoms with Gasteiger partial charge in [-0.05, 0) is 43.7 Å².